The van der Waals surface area contributed by atoms with Gasteiger partial charge in [-0.1, -0.05) is 23.9 Å². The molecule has 0 bridgehead atoms. The minimum atomic E-state index is 0.650. The Kier molecular flexibility index (Phi) is 4.12. The number of thioether (sulfide) groups is 1. The van der Waals surface area contributed by atoms with E-state index in [-0.39, 0.29) is 0 Å². The Morgan fingerprint density at radius 1 is 1.29 bits per heavy atom. The lowest BCUT2D eigenvalue weighted by atomic mass is 10.2. The Labute approximate surface area is 134 Å². The largest absolute Gasteiger partial charge is 0.497 e. The van der Waals surface area contributed by atoms with Crippen molar-refractivity contribution in [2.24, 2.45) is 0 Å². The van der Waals surface area contributed by atoms with Crippen molar-refractivity contribution in [3.8, 4) is 5.75 Å². The maximum atomic E-state index is 5.17. The van der Waals surface area contributed by atoms with Crippen molar-refractivity contribution in [2.45, 2.75) is 11.7 Å². The van der Waals surface area contributed by atoms with Gasteiger partial charge in [0.1, 0.15) is 10.4 Å². The van der Waals surface area contributed by atoms with Crippen LogP contribution in [0.1, 0.15) is 5.56 Å². The topological polar surface area (TPSA) is 52.8 Å². The molecule has 0 saturated carbocycles. The van der Waals surface area contributed by atoms with Crippen molar-refractivity contribution in [3.05, 3.63) is 40.6 Å². The number of benzene rings is 1. The van der Waals surface area contributed by atoms with Crippen molar-refractivity contribution < 1.29 is 4.74 Å². The molecule has 0 spiro atoms. The molecule has 0 atom stereocenters. The molecule has 1 aromatic carbocycles. The molecular weight excluding hydrogens is 352 g/mol. The van der Waals surface area contributed by atoms with E-state index in [0.29, 0.717) is 6.54 Å². The first-order chi connectivity index (χ1) is 10.2. The maximum absolute atomic E-state index is 5.17. The van der Waals surface area contributed by atoms with E-state index in [1.807, 2.05) is 35.2 Å². The Bertz CT molecular complexity index is 772. The number of nitrogens with zero attached hydrogens (tertiary/aromatic N) is 4. The van der Waals surface area contributed by atoms with Crippen molar-refractivity contribution in [3.63, 3.8) is 0 Å². The van der Waals surface area contributed by atoms with Gasteiger partial charge in [-0.2, -0.15) is 5.10 Å². The van der Waals surface area contributed by atoms with Crippen LogP contribution < -0.4 is 4.74 Å². The second-order valence-electron chi connectivity index (χ2n) is 4.39. The van der Waals surface area contributed by atoms with Gasteiger partial charge in [0.15, 0.2) is 10.8 Å². The van der Waals surface area contributed by atoms with Crippen molar-refractivity contribution in [1.82, 2.24) is 19.7 Å². The first-order valence-electron chi connectivity index (χ1n) is 6.27. The number of methoxy groups -OCH3 is 1. The van der Waals surface area contributed by atoms with Gasteiger partial charge in [-0.05, 0) is 39.9 Å². The number of hydrogen-bond acceptors (Lipinski definition) is 5. The molecular formula is C14H13BrN4OS. The maximum Gasteiger partial charge on any atom is 0.189 e. The van der Waals surface area contributed by atoms with Crippen LogP contribution in [0.4, 0.5) is 0 Å². The Morgan fingerprint density at radius 2 is 2.05 bits per heavy atom. The Hall–Kier alpha value is -1.60. The fraction of sp³-hybridized carbons (Fsp3) is 0.214. The zero-order valence-electron chi connectivity index (χ0n) is 11.6. The number of rotatable bonds is 4. The van der Waals surface area contributed by atoms with Crippen molar-refractivity contribution in [2.75, 3.05) is 13.4 Å². The average Bonchev–Trinajstić information content (AvgIpc) is 2.83. The second-order valence-corrected chi connectivity index (χ2v) is 5.92. The molecule has 0 aliphatic carbocycles. The SMILES string of the molecule is COc1ccc(Cn2nc(Br)c3cnc(SC)nc32)cc1. The van der Waals surface area contributed by atoms with Crippen LogP contribution in [-0.4, -0.2) is 33.1 Å². The van der Waals surface area contributed by atoms with Crippen LogP contribution in [0.5, 0.6) is 5.75 Å². The fourth-order valence-corrected chi connectivity index (χ4v) is 2.83. The first kappa shape index (κ1) is 14.3. The summed E-state index contributed by atoms with van der Waals surface area (Å²) in [5, 5.41) is 6.15. The van der Waals surface area contributed by atoms with Crippen LogP contribution in [0, 0.1) is 0 Å². The lowest BCUT2D eigenvalue weighted by Crippen LogP contribution is -2.03. The van der Waals surface area contributed by atoms with E-state index < -0.39 is 0 Å². The molecule has 0 fully saturated rings. The third-order valence-corrected chi connectivity index (χ3v) is 4.24. The third kappa shape index (κ3) is 2.89. The minimum Gasteiger partial charge on any atom is -0.497 e. The highest BCUT2D eigenvalue weighted by Crippen LogP contribution is 2.24. The molecule has 21 heavy (non-hydrogen) atoms. The van der Waals surface area contributed by atoms with Crippen LogP contribution in [0.25, 0.3) is 11.0 Å². The molecule has 108 valence electrons. The Balaban J connectivity index is 1.98. The minimum absolute atomic E-state index is 0.650. The lowest BCUT2D eigenvalue weighted by molar-refractivity contribution is 0.414. The highest BCUT2D eigenvalue weighted by molar-refractivity contribution is 9.10. The van der Waals surface area contributed by atoms with E-state index in [9.17, 15) is 0 Å². The molecule has 3 rings (SSSR count). The van der Waals surface area contributed by atoms with Crippen molar-refractivity contribution in [1.29, 1.82) is 0 Å². The first-order valence-corrected chi connectivity index (χ1v) is 8.29. The third-order valence-electron chi connectivity index (χ3n) is 3.10. The molecule has 0 aliphatic heterocycles. The van der Waals surface area contributed by atoms with Gasteiger partial charge >= 0.3 is 0 Å². The summed E-state index contributed by atoms with van der Waals surface area (Å²) in [7, 11) is 1.66. The average molecular weight is 365 g/mol. The van der Waals surface area contributed by atoms with Crippen LogP contribution in [0.3, 0.4) is 0 Å². The van der Waals surface area contributed by atoms with E-state index in [0.717, 1.165) is 32.1 Å². The fourth-order valence-electron chi connectivity index (χ4n) is 2.02. The summed E-state index contributed by atoms with van der Waals surface area (Å²) in [5.41, 5.74) is 1.97. The predicted octanol–water partition coefficient (Wildman–Crippen LogP) is 3.37. The van der Waals surface area contributed by atoms with Gasteiger partial charge in [0, 0.05) is 6.20 Å². The zero-order valence-corrected chi connectivity index (χ0v) is 14.0. The summed E-state index contributed by atoms with van der Waals surface area (Å²) < 4.78 is 7.81. The molecule has 2 aromatic heterocycles. The molecule has 3 aromatic rings. The molecule has 0 aliphatic rings. The quantitative estimate of drug-likeness (QED) is 0.524. The second kappa shape index (κ2) is 6.03. The smallest absolute Gasteiger partial charge is 0.189 e. The number of halogens is 1. The summed E-state index contributed by atoms with van der Waals surface area (Å²) >= 11 is 4.98. The molecule has 0 saturated heterocycles. The number of fused-ring (bicyclic) bond motifs is 1. The van der Waals surface area contributed by atoms with Gasteiger partial charge in [0.25, 0.3) is 0 Å². The summed E-state index contributed by atoms with van der Waals surface area (Å²) in [6.45, 7) is 0.650. The number of hydrogen-bond donors (Lipinski definition) is 0. The van der Waals surface area contributed by atoms with E-state index in [2.05, 4.69) is 31.0 Å². The normalized spacial score (nSPS) is 11.0. The molecule has 0 N–H and O–H groups in total. The molecule has 5 nitrogen and oxygen atoms in total. The van der Waals surface area contributed by atoms with Gasteiger partial charge in [-0.25, -0.2) is 14.6 Å². The molecule has 0 radical (unpaired) electrons. The van der Waals surface area contributed by atoms with Crippen LogP contribution >= 0.6 is 27.7 Å². The predicted molar refractivity (Wildman–Crippen MR) is 86.9 cm³/mol. The summed E-state index contributed by atoms with van der Waals surface area (Å²) in [6.07, 6.45) is 3.76. The molecule has 0 amide bonds. The lowest BCUT2D eigenvalue weighted by Gasteiger charge is -2.05. The Morgan fingerprint density at radius 3 is 2.71 bits per heavy atom. The summed E-state index contributed by atoms with van der Waals surface area (Å²) in [6, 6.07) is 7.94. The highest BCUT2D eigenvalue weighted by atomic mass is 79.9. The number of aromatic nitrogens is 4. The zero-order chi connectivity index (χ0) is 14.8. The van der Waals surface area contributed by atoms with Gasteiger partial charge in [-0.15, -0.1) is 0 Å². The van der Waals surface area contributed by atoms with Gasteiger partial charge in [0.2, 0.25) is 0 Å². The molecule has 7 heteroatoms. The summed E-state index contributed by atoms with van der Waals surface area (Å²) in [5.74, 6) is 0.845. The van der Waals surface area contributed by atoms with E-state index in [1.165, 1.54) is 11.8 Å². The van der Waals surface area contributed by atoms with E-state index in [4.69, 9.17) is 4.74 Å². The van der Waals surface area contributed by atoms with Gasteiger partial charge in [-0.3, -0.25) is 0 Å². The standard InChI is InChI=1S/C14H13BrN4OS/c1-20-10-5-3-9(4-6-10)8-19-13-11(12(15)18-19)7-16-14(17-13)21-2/h3-7H,8H2,1-2H3. The van der Waals surface area contributed by atoms with Crippen molar-refractivity contribution >= 4 is 38.7 Å². The van der Waals surface area contributed by atoms with Gasteiger partial charge < -0.3 is 4.74 Å². The summed E-state index contributed by atoms with van der Waals surface area (Å²) in [4.78, 5) is 8.82. The van der Waals surface area contributed by atoms with Crippen LogP contribution in [0.2, 0.25) is 0 Å². The number of ether oxygens (including phenoxy) is 1. The molecule has 0 unspecified atom stereocenters. The molecule has 2 heterocycles. The van der Waals surface area contributed by atoms with Crippen LogP contribution in [0.15, 0.2) is 40.2 Å². The van der Waals surface area contributed by atoms with E-state index >= 15 is 0 Å². The van der Waals surface area contributed by atoms with Crippen LogP contribution in [-0.2, 0) is 6.54 Å². The van der Waals surface area contributed by atoms with Gasteiger partial charge in [0.05, 0.1) is 19.0 Å². The van der Waals surface area contributed by atoms with E-state index in [1.54, 1.807) is 13.3 Å². The highest BCUT2D eigenvalue weighted by Gasteiger charge is 2.12. The monoisotopic (exact) mass is 364 g/mol.